The second-order valence-corrected chi connectivity index (χ2v) is 5.96. The van der Waals surface area contributed by atoms with E-state index >= 15 is 0 Å². The topological polar surface area (TPSA) is 49.4 Å². The summed E-state index contributed by atoms with van der Waals surface area (Å²) >= 11 is 0. The van der Waals surface area contributed by atoms with E-state index in [1.54, 1.807) is 0 Å². The fraction of sp³-hybridized carbons (Fsp3) is 0.867. The number of piperazine rings is 1. The lowest BCUT2D eigenvalue weighted by molar-refractivity contribution is -0.157. The minimum Gasteiger partial charge on any atom is -0.345 e. The highest BCUT2D eigenvalue weighted by Crippen LogP contribution is 2.36. The summed E-state index contributed by atoms with van der Waals surface area (Å²) in [6.45, 7) is 5.26. The Morgan fingerprint density at radius 1 is 1.16 bits per heavy atom. The molecule has 1 N–H and O–H groups in total. The number of nitrogens with one attached hydrogen (secondary N) is 1. The molecule has 1 aliphatic carbocycles. The molecule has 1 heterocycles. The summed E-state index contributed by atoms with van der Waals surface area (Å²) in [7, 11) is 0. The van der Waals surface area contributed by atoms with Crippen LogP contribution in [0.2, 0.25) is 0 Å². The quantitative estimate of drug-likeness (QED) is 0.847. The largest absolute Gasteiger partial charge is 0.345 e. The van der Waals surface area contributed by atoms with Gasteiger partial charge in [-0.3, -0.25) is 9.59 Å². The monoisotopic (exact) mass is 266 g/mol. The lowest BCUT2D eigenvalue weighted by Crippen LogP contribution is -2.68. The van der Waals surface area contributed by atoms with Gasteiger partial charge in [-0.15, -0.1) is 0 Å². The highest BCUT2D eigenvalue weighted by atomic mass is 16.2. The first kappa shape index (κ1) is 14.4. The molecule has 4 heteroatoms. The van der Waals surface area contributed by atoms with Gasteiger partial charge < -0.3 is 10.2 Å². The molecule has 0 aromatic rings. The second-order valence-electron chi connectivity index (χ2n) is 5.96. The Kier molecular flexibility index (Phi) is 4.48. The maximum atomic E-state index is 12.4. The van der Waals surface area contributed by atoms with Crippen molar-refractivity contribution in [1.82, 2.24) is 10.2 Å². The van der Waals surface area contributed by atoms with Crippen LogP contribution in [0.5, 0.6) is 0 Å². The summed E-state index contributed by atoms with van der Waals surface area (Å²) in [5, 5.41) is 2.80. The Morgan fingerprint density at radius 2 is 1.79 bits per heavy atom. The van der Waals surface area contributed by atoms with Gasteiger partial charge in [-0.25, -0.2) is 0 Å². The molecular weight excluding hydrogens is 240 g/mol. The van der Waals surface area contributed by atoms with Gasteiger partial charge in [0, 0.05) is 6.54 Å². The van der Waals surface area contributed by atoms with Gasteiger partial charge >= 0.3 is 0 Å². The summed E-state index contributed by atoms with van der Waals surface area (Å²) in [5.41, 5.74) is -0.532. The zero-order valence-electron chi connectivity index (χ0n) is 12.2. The van der Waals surface area contributed by atoms with E-state index in [1.807, 2.05) is 4.90 Å². The predicted octanol–water partition coefficient (Wildman–Crippen LogP) is 2.08. The highest BCUT2D eigenvalue weighted by Gasteiger charge is 2.49. The zero-order valence-corrected chi connectivity index (χ0v) is 12.2. The molecular formula is C15H26N2O2. The van der Waals surface area contributed by atoms with Crippen molar-refractivity contribution in [3.63, 3.8) is 0 Å². The molecule has 0 bridgehead atoms. The van der Waals surface area contributed by atoms with Gasteiger partial charge in [0.05, 0.1) is 6.54 Å². The maximum absolute atomic E-state index is 12.4. The van der Waals surface area contributed by atoms with Crippen molar-refractivity contribution in [2.75, 3.05) is 13.1 Å². The molecule has 0 radical (unpaired) electrons. The van der Waals surface area contributed by atoms with Crippen LogP contribution in [0, 0.1) is 5.92 Å². The van der Waals surface area contributed by atoms with E-state index in [0.717, 1.165) is 45.1 Å². The van der Waals surface area contributed by atoms with E-state index in [1.165, 1.54) is 6.42 Å². The van der Waals surface area contributed by atoms with Crippen molar-refractivity contribution >= 4 is 11.8 Å². The fourth-order valence-electron chi connectivity index (χ4n) is 3.49. The van der Waals surface area contributed by atoms with Crippen LogP contribution < -0.4 is 5.32 Å². The molecule has 2 amide bonds. The van der Waals surface area contributed by atoms with E-state index in [0.29, 0.717) is 5.92 Å². The molecule has 2 aliphatic rings. The normalized spacial score (nSPS) is 23.0. The molecule has 19 heavy (non-hydrogen) atoms. The summed E-state index contributed by atoms with van der Waals surface area (Å²) in [6, 6.07) is 0. The lowest BCUT2D eigenvalue weighted by Gasteiger charge is -2.48. The van der Waals surface area contributed by atoms with Crippen molar-refractivity contribution in [3.05, 3.63) is 0 Å². The molecule has 108 valence electrons. The van der Waals surface area contributed by atoms with Crippen LogP contribution in [-0.2, 0) is 9.59 Å². The molecule has 2 rings (SSSR count). The molecule has 0 unspecified atom stereocenters. The van der Waals surface area contributed by atoms with E-state index in [9.17, 15) is 9.59 Å². The maximum Gasteiger partial charge on any atom is 0.246 e. The molecule has 1 saturated carbocycles. The number of carbonyl (C=O) groups excluding carboxylic acids is 2. The Labute approximate surface area is 115 Å². The van der Waals surface area contributed by atoms with Crippen LogP contribution in [0.4, 0.5) is 0 Å². The van der Waals surface area contributed by atoms with Crippen molar-refractivity contribution in [2.45, 2.75) is 64.3 Å². The SMILES string of the molecule is CCC(CC)CN1C(=O)CNC(=O)C12CCCCC2. The van der Waals surface area contributed by atoms with Crippen molar-refractivity contribution in [2.24, 2.45) is 5.92 Å². The summed E-state index contributed by atoms with van der Waals surface area (Å²) in [5.74, 6) is 0.694. The van der Waals surface area contributed by atoms with Gasteiger partial charge in [-0.1, -0.05) is 46.0 Å². The van der Waals surface area contributed by atoms with Crippen LogP contribution in [0.1, 0.15) is 58.8 Å². The average molecular weight is 266 g/mol. The molecule has 1 saturated heterocycles. The molecule has 1 spiro atoms. The second kappa shape index (κ2) is 5.93. The number of amides is 2. The first-order chi connectivity index (χ1) is 9.14. The molecule has 0 atom stereocenters. The summed E-state index contributed by atoms with van der Waals surface area (Å²) in [4.78, 5) is 26.6. The van der Waals surface area contributed by atoms with Crippen LogP contribution >= 0.6 is 0 Å². The van der Waals surface area contributed by atoms with Gasteiger partial charge in [0.15, 0.2) is 0 Å². The van der Waals surface area contributed by atoms with E-state index in [-0.39, 0.29) is 18.4 Å². The highest BCUT2D eigenvalue weighted by molar-refractivity contribution is 5.98. The number of hydrogen-bond donors (Lipinski definition) is 1. The van der Waals surface area contributed by atoms with Crippen molar-refractivity contribution in [1.29, 1.82) is 0 Å². The minimum absolute atomic E-state index is 0.0813. The Morgan fingerprint density at radius 3 is 2.37 bits per heavy atom. The average Bonchev–Trinajstić information content (AvgIpc) is 2.45. The molecule has 0 aromatic carbocycles. The summed E-state index contributed by atoms with van der Waals surface area (Å²) in [6.07, 6.45) is 7.10. The predicted molar refractivity (Wildman–Crippen MR) is 74.6 cm³/mol. The third kappa shape index (κ3) is 2.63. The van der Waals surface area contributed by atoms with Crippen LogP contribution in [-0.4, -0.2) is 35.3 Å². The van der Waals surface area contributed by atoms with Gasteiger partial charge in [-0.2, -0.15) is 0 Å². The lowest BCUT2D eigenvalue weighted by atomic mass is 9.77. The molecule has 2 fully saturated rings. The number of hydrogen-bond acceptors (Lipinski definition) is 2. The Balaban J connectivity index is 2.22. The van der Waals surface area contributed by atoms with Gasteiger partial charge in [0.1, 0.15) is 5.54 Å². The molecule has 4 nitrogen and oxygen atoms in total. The number of nitrogens with zero attached hydrogens (tertiary/aromatic N) is 1. The van der Waals surface area contributed by atoms with Gasteiger partial charge in [0.25, 0.3) is 0 Å². The summed E-state index contributed by atoms with van der Waals surface area (Å²) < 4.78 is 0. The Hall–Kier alpha value is -1.06. The molecule has 0 aromatic heterocycles. The van der Waals surface area contributed by atoms with Crippen LogP contribution in [0.25, 0.3) is 0 Å². The first-order valence-electron chi connectivity index (χ1n) is 7.72. The van der Waals surface area contributed by atoms with E-state index in [4.69, 9.17) is 0 Å². The zero-order chi connectivity index (χ0) is 13.9. The minimum atomic E-state index is -0.532. The standard InChI is InChI=1S/C15H26N2O2/c1-3-12(4-2)11-17-13(18)10-16-14(19)15(17)8-6-5-7-9-15/h12H,3-11H2,1-2H3,(H,16,19). The van der Waals surface area contributed by atoms with Crippen LogP contribution in [0.3, 0.4) is 0 Å². The van der Waals surface area contributed by atoms with Crippen molar-refractivity contribution < 1.29 is 9.59 Å². The third-order valence-corrected chi connectivity index (χ3v) is 4.92. The van der Waals surface area contributed by atoms with Crippen LogP contribution in [0.15, 0.2) is 0 Å². The third-order valence-electron chi connectivity index (χ3n) is 4.92. The smallest absolute Gasteiger partial charge is 0.246 e. The van der Waals surface area contributed by atoms with Gasteiger partial charge in [-0.05, 0) is 18.8 Å². The molecule has 1 aliphatic heterocycles. The van der Waals surface area contributed by atoms with E-state index < -0.39 is 5.54 Å². The van der Waals surface area contributed by atoms with Crippen molar-refractivity contribution in [3.8, 4) is 0 Å². The first-order valence-corrected chi connectivity index (χ1v) is 7.72. The fourth-order valence-corrected chi connectivity index (χ4v) is 3.49. The Bertz CT molecular complexity index is 344. The number of rotatable bonds is 4. The number of carbonyl (C=O) groups is 2. The van der Waals surface area contributed by atoms with E-state index in [2.05, 4.69) is 19.2 Å². The van der Waals surface area contributed by atoms with Gasteiger partial charge in [0.2, 0.25) is 11.8 Å².